The molecule has 0 aliphatic carbocycles. The molecule has 0 aromatic carbocycles. The van der Waals surface area contributed by atoms with Gasteiger partial charge in [0.1, 0.15) is 0 Å². The van der Waals surface area contributed by atoms with E-state index in [1.165, 1.54) is 0 Å². The van der Waals surface area contributed by atoms with E-state index in [-0.39, 0.29) is 29.9 Å². The SMILES string of the molecule is C=CC1=C2C=C3[N-]C(=C(CCC(=O)O)[C-]3C)C=C3N=C([CH-]c4n[c-](c(C=C)c4C)C=C([N-]2)[C-]1C)C(C)=C3CCC(=O)O.[Fe+2]. The largest absolute Gasteiger partial charge is 2.00 e. The average molecular weight is 616 g/mol. The van der Waals surface area contributed by atoms with Crippen LogP contribution in [0.5, 0.6) is 0 Å². The summed E-state index contributed by atoms with van der Waals surface area (Å²) in [7, 11) is 0. The molecule has 5 heterocycles. The zero-order valence-electron chi connectivity index (χ0n) is 24.6. The fourth-order valence-electron chi connectivity index (χ4n) is 5.61. The number of allylic oxidation sites excluding steroid dienone is 7. The molecule has 4 aliphatic heterocycles. The van der Waals surface area contributed by atoms with E-state index in [1.807, 2.05) is 52.3 Å². The van der Waals surface area contributed by atoms with Gasteiger partial charge in [0.05, 0.1) is 0 Å². The van der Waals surface area contributed by atoms with Crippen LogP contribution in [0.2, 0.25) is 0 Å². The third-order valence-corrected chi connectivity index (χ3v) is 8.06. The molecule has 9 heteroatoms. The van der Waals surface area contributed by atoms with Crippen molar-refractivity contribution in [3.05, 3.63) is 134 Å². The van der Waals surface area contributed by atoms with E-state index >= 15 is 0 Å². The maximum atomic E-state index is 11.5. The molecule has 5 rings (SSSR count). The predicted molar refractivity (Wildman–Crippen MR) is 165 cm³/mol. The number of carboxylic acids is 2. The van der Waals surface area contributed by atoms with Gasteiger partial charge in [-0.25, -0.2) is 11.8 Å². The van der Waals surface area contributed by atoms with Gasteiger partial charge >= 0.3 is 29.0 Å². The molecule has 0 unspecified atom stereocenters. The predicted octanol–water partition coefficient (Wildman–Crippen LogP) is 7.58. The van der Waals surface area contributed by atoms with E-state index in [4.69, 9.17) is 20.6 Å². The van der Waals surface area contributed by atoms with Gasteiger partial charge < -0.3 is 25.8 Å². The first-order chi connectivity index (χ1) is 20.0. The number of rotatable bonds is 8. The third kappa shape index (κ3) is 5.91. The van der Waals surface area contributed by atoms with Crippen LogP contribution < -0.4 is 0 Å². The van der Waals surface area contributed by atoms with E-state index in [2.05, 4.69) is 13.2 Å². The van der Waals surface area contributed by atoms with Gasteiger partial charge in [0.15, 0.2) is 0 Å². The van der Waals surface area contributed by atoms with Crippen LogP contribution in [0.25, 0.3) is 22.8 Å². The van der Waals surface area contributed by atoms with Gasteiger partial charge in [-0.05, 0) is 18.6 Å². The fourth-order valence-corrected chi connectivity index (χ4v) is 5.61. The minimum Gasteiger partial charge on any atom is -0.762 e. The number of hydrogen-bond donors (Lipinski definition) is 2. The number of nitrogens with zero attached hydrogens (tertiary/aromatic N) is 4. The van der Waals surface area contributed by atoms with E-state index in [0.717, 1.165) is 62.3 Å². The minimum absolute atomic E-state index is 0. The van der Waals surface area contributed by atoms with Gasteiger partial charge in [-0.3, -0.25) is 31.7 Å². The standard InChI is InChI=1S/C34H32N4O4.Fe/c1-7-21-17(3)25-13-26-19(5)23(9-11-33(39)40)31(37-26)16-32-24(10-12-34(41)42)20(6)28(38-32)15-30-22(8-2)18(4)27(36-30)14-29(21)35-25;/h7-8,13-16H,1-2,9-12H2,3-6H3,(H,39,40)(H,41,42);/q-6;+2. The Labute approximate surface area is 263 Å². The van der Waals surface area contributed by atoms with Crippen molar-refractivity contribution >= 4 is 29.8 Å². The van der Waals surface area contributed by atoms with Crippen molar-refractivity contribution in [1.82, 2.24) is 4.98 Å². The van der Waals surface area contributed by atoms with Gasteiger partial charge in [-0.15, -0.1) is 54.5 Å². The van der Waals surface area contributed by atoms with Crippen molar-refractivity contribution in [1.29, 1.82) is 0 Å². The van der Waals surface area contributed by atoms with Crippen LogP contribution in [-0.2, 0) is 26.7 Å². The molecule has 4 aliphatic rings. The number of carbonyl (C=O) groups is 2. The summed E-state index contributed by atoms with van der Waals surface area (Å²) in [5, 5.41) is 28.7. The number of aromatic nitrogens is 1. The fraction of sp³-hybridized carbons (Fsp3) is 0.235. The van der Waals surface area contributed by atoms with Crippen molar-refractivity contribution in [3.8, 4) is 0 Å². The summed E-state index contributed by atoms with van der Waals surface area (Å²) in [6, 6.07) is 0. The van der Waals surface area contributed by atoms with Crippen LogP contribution in [0.1, 0.15) is 69.0 Å². The summed E-state index contributed by atoms with van der Waals surface area (Å²) in [5.41, 5.74) is 10.8. The summed E-state index contributed by atoms with van der Waals surface area (Å²) < 4.78 is 0. The van der Waals surface area contributed by atoms with Gasteiger partial charge in [0.2, 0.25) is 0 Å². The maximum Gasteiger partial charge on any atom is 2.00 e. The zero-order chi connectivity index (χ0) is 30.3. The summed E-state index contributed by atoms with van der Waals surface area (Å²) in [5.74, 6) is 0.0297. The Hall–Kier alpha value is -4.46. The van der Waals surface area contributed by atoms with Gasteiger partial charge in [-0.2, -0.15) is 29.1 Å². The topological polar surface area (TPSA) is 128 Å². The van der Waals surface area contributed by atoms with Crippen molar-refractivity contribution in [2.24, 2.45) is 4.99 Å². The molecular formula is C34H32FeN4O4-4. The summed E-state index contributed by atoms with van der Waals surface area (Å²) in [4.78, 5) is 32.9. The van der Waals surface area contributed by atoms with Gasteiger partial charge in [0, 0.05) is 18.5 Å². The second-order valence-corrected chi connectivity index (χ2v) is 10.6. The smallest absolute Gasteiger partial charge is 0.762 e. The van der Waals surface area contributed by atoms with Crippen molar-refractivity contribution < 1.29 is 36.9 Å². The Kier molecular flexibility index (Phi) is 9.09. The van der Waals surface area contributed by atoms with E-state index < -0.39 is 11.9 Å². The van der Waals surface area contributed by atoms with Crippen LogP contribution in [0.4, 0.5) is 0 Å². The first-order valence-electron chi connectivity index (χ1n) is 13.8. The number of aliphatic imine (C=N–C) groups is 1. The molecule has 0 saturated carbocycles. The molecule has 0 radical (unpaired) electrons. The van der Waals surface area contributed by atoms with Crippen molar-refractivity contribution in [2.45, 2.75) is 53.4 Å². The molecule has 8 nitrogen and oxygen atoms in total. The molecule has 0 saturated heterocycles. The quantitative estimate of drug-likeness (QED) is 0.230. The number of carboxylic acid groups (broad SMARTS) is 2. The molecular weight excluding hydrogens is 584 g/mol. The average Bonchev–Trinajstić information content (AvgIpc) is 3.59. The summed E-state index contributed by atoms with van der Waals surface area (Å²) >= 11 is 0. The van der Waals surface area contributed by atoms with E-state index in [9.17, 15) is 19.8 Å². The van der Waals surface area contributed by atoms with Crippen LogP contribution in [0.15, 0.2) is 87.2 Å². The monoisotopic (exact) mass is 616 g/mol. The Morgan fingerprint density at radius 1 is 0.977 bits per heavy atom. The molecule has 43 heavy (non-hydrogen) atoms. The second-order valence-electron chi connectivity index (χ2n) is 10.6. The van der Waals surface area contributed by atoms with Crippen LogP contribution >= 0.6 is 0 Å². The van der Waals surface area contributed by atoms with Crippen LogP contribution in [0.3, 0.4) is 0 Å². The Balaban J connectivity index is 0.00000423. The molecule has 0 amide bonds. The molecule has 8 bridgehead atoms. The number of aliphatic carboxylic acids is 2. The van der Waals surface area contributed by atoms with Crippen LogP contribution in [-0.4, -0.2) is 32.8 Å². The minimum atomic E-state index is -0.898. The Morgan fingerprint density at radius 3 is 2.30 bits per heavy atom. The van der Waals surface area contributed by atoms with Crippen LogP contribution in [0, 0.1) is 25.2 Å². The molecule has 1 aromatic heterocycles. The first kappa shape index (κ1) is 31.5. The molecule has 0 spiro atoms. The van der Waals surface area contributed by atoms with Crippen molar-refractivity contribution in [2.75, 3.05) is 0 Å². The van der Waals surface area contributed by atoms with Gasteiger partial charge in [-0.1, -0.05) is 44.7 Å². The zero-order valence-corrected chi connectivity index (χ0v) is 25.7. The number of hydrogen-bond acceptors (Lipinski definition) is 4. The maximum absolute atomic E-state index is 11.5. The van der Waals surface area contributed by atoms with E-state index in [0.29, 0.717) is 41.3 Å². The second kappa shape index (κ2) is 12.4. The van der Waals surface area contributed by atoms with Crippen molar-refractivity contribution in [3.63, 3.8) is 0 Å². The molecule has 0 atom stereocenters. The first-order valence-corrected chi connectivity index (χ1v) is 13.8. The third-order valence-electron chi connectivity index (χ3n) is 8.06. The molecule has 224 valence electrons. The number of fused-ring (bicyclic) bond motifs is 7. The molecule has 2 N–H and O–H groups in total. The van der Waals surface area contributed by atoms with E-state index in [1.54, 1.807) is 12.2 Å². The normalized spacial score (nSPS) is 17.4. The summed E-state index contributed by atoms with van der Waals surface area (Å²) in [6.45, 7) is 15.9. The Morgan fingerprint density at radius 2 is 1.65 bits per heavy atom. The molecule has 0 fully saturated rings. The molecule has 1 aromatic rings. The summed E-state index contributed by atoms with van der Waals surface area (Å²) in [6.07, 6.45) is 11.7. The Bertz CT molecular complexity index is 1640. The van der Waals surface area contributed by atoms with Gasteiger partial charge in [0.25, 0.3) is 0 Å².